The molecule has 7 N–H and O–H groups in total. The third-order valence-electron chi connectivity index (χ3n) is 3.59. The van der Waals surface area contributed by atoms with Crippen LogP contribution in [0.5, 0.6) is 0 Å². The van der Waals surface area contributed by atoms with Crippen LogP contribution in [0.3, 0.4) is 0 Å². The summed E-state index contributed by atoms with van der Waals surface area (Å²) >= 11 is 1.46. The monoisotopic (exact) mass is 406 g/mol. The van der Waals surface area contributed by atoms with Crippen LogP contribution in [-0.4, -0.2) is 77.2 Å². The molecule has 0 fully saturated rings. The molecule has 3 unspecified atom stereocenters. The summed E-state index contributed by atoms with van der Waals surface area (Å²) in [6.07, 6.45) is 2.44. The molecule has 0 radical (unpaired) electrons. The summed E-state index contributed by atoms with van der Waals surface area (Å²) in [5.74, 6) is -2.50. The Morgan fingerprint density at radius 2 is 1.56 bits per heavy atom. The fraction of sp³-hybridized carbons (Fsp3) is 0.750. The normalized spacial score (nSPS) is 14.1. The van der Waals surface area contributed by atoms with Gasteiger partial charge in [-0.2, -0.15) is 11.8 Å². The molecule has 156 valence electrons. The summed E-state index contributed by atoms with van der Waals surface area (Å²) < 4.78 is 0. The van der Waals surface area contributed by atoms with Crippen LogP contribution in [0.15, 0.2) is 0 Å². The van der Waals surface area contributed by atoms with Gasteiger partial charge < -0.3 is 31.9 Å². The maximum atomic E-state index is 12.6. The van der Waals surface area contributed by atoms with Crippen molar-refractivity contribution in [3.8, 4) is 0 Å². The standard InChI is InChI=1S/C16H30N4O6S/c1-9(2)6-11(18-13(22)7-17)15(24)19-10(4-5-27-3)14(23)20-12(8-21)16(25)26/h9-12,21H,4-8,17H2,1-3H3,(H,18,22)(H,19,24)(H,20,23)(H,25,26). The molecule has 0 rings (SSSR count). The van der Waals surface area contributed by atoms with Gasteiger partial charge in [-0.15, -0.1) is 0 Å². The number of carboxylic acid groups (broad SMARTS) is 1. The SMILES string of the molecule is CSCCC(NC(=O)C(CC(C)C)NC(=O)CN)C(=O)NC(CO)C(=O)O. The minimum absolute atomic E-state index is 0.100. The molecule has 0 aromatic heterocycles. The van der Waals surface area contributed by atoms with Crippen molar-refractivity contribution in [2.45, 2.75) is 44.8 Å². The van der Waals surface area contributed by atoms with Crippen molar-refractivity contribution in [3.05, 3.63) is 0 Å². The Morgan fingerprint density at radius 1 is 1.00 bits per heavy atom. The molecule has 11 heteroatoms. The number of thioether (sulfide) groups is 1. The van der Waals surface area contributed by atoms with E-state index < -0.39 is 48.4 Å². The average molecular weight is 407 g/mol. The highest BCUT2D eigenvalue weighted by Crippen LogP contribution is 2.07. The first-order valence-corrected chi connectivity index (χ1v) is 9.98. The second-order valence-electron chi connectivity index (χ2n) is 6.38. The van der Waals surface area contributed by atoms with Gasteiger partial charge in [0.2, 0.25) is 17.7 Å². The molecule has 0 aliphatic carbocycles. The van der Waals surface area contributed by atoms with E-state index in [2.05, 4.69) is 16.0 Å². The van der Waals surface area contributed by atoms with E-state index in [0.717, 1.165) is 0 Å². The topological polar surface area (TPSA) is 171 Å². The highest BCUT2D eigenvalue weighted by molar-refractivity contribution is 7.98. The van der Waals surface area contributed by atoms with E-state index in [4.69, 9.17) is 15.9 Å². The Morgan fingerprint density at radius 3 is 2.00 bits per heavy atom. The number of carboxylic acids is 1. The second kappa shape index (κ2) is 13.3. The number of aliphatic hydroxyl groups excluding tert-OH is 1. The van der Waals surface area contributed by atoms with E-state index in [9.17, 15) is 19.2 Å². The van der Waals surface area contributed by atoms with Crippen LogP contribution in [-0.2, 0) is 19.2 Å². The second-order valence-corrected chi connectivity index (χ2v) is 7.36. The van der Waals surface area contributed by atoms with Gasteiger partial charge in [0.05, 0.1) is 13.2 Å². The Labute approximate surface area is 163 Å². The number of rotatable bonds is 13. The zero-order valence-electron chi connectivity index (χ0n) is 15.9. The smallest absolute Gasteiger partial charge is 0.328 e. The fourth-order valence-electron chi connectivity index (χ4n) is 2.19. The minimum Gasteiger partial charge on any atom is -0.480 e. The Hall–Kier alpha value is -1.85. The van der Waals surface area contributed by atoms with Gasteiger partial charge in [-0.1, -0.05) is 13.8 Å². The van der Waals surface area contributed by atoms with Gasteiger partial charge in [0.25, 0.3) is 0 Å². The molecule has 3 atom stereocenters. The number of nitrogens with two attached hydrogens (primary N) is 1. The number of aliphatic carboxylic acids is 1. The number of hydrogen-bond donors (Lipinski definition) is 6. The highest BCUT2D eigenvalue weighted by atomic mass is 32.2. The lowest BCUT2D eigenvalue weighted by Gasteiger charge is -2.24. The van der Waals surface area contributed by atoms with Crippen molar-refractivity contribution >= 4 is 35.5 Å². The molecule has 0 aliphatic rings. The van der Waals surface area contributed by atoms with E-state index in [-0.39, 0.29) is 18.9 Å². The lowest BCUT2D eigenvalue weighted by molar-refractivity contribution is -0.143. The molecule has 0 saturated carbocycles. The van der Waals surface area contributed by atoms with Crippen molar-refractivity contribution in [3.63, 3.8) is 0 Å². The molecule has 0 saturated heterocycles. The molecular weight excluding hydrogens is 376 g/mol. The van der Waals surface area contributed by atoms with Crippen LogP contribution in [0.25, 0.3) is 0 Å². The van der Waals surface area contributed by atoms with Gasteiger partial charge in [0.15, 0.2) is 0 Å². The quantitative estimate of drug-likeness (QED) is 0.210. The molecule has 0 aliphatic heterocycles. The van der Waals surface area contributed by atoms with Gasteiger partial charge in [-0.05, 0) is 30.8 Å². The first-order valence-electron chi connectivity index (χ1n) is 8.58. The third kappa shape index (κ3) is 10.2. The van der Waals surface area contributed by atoms with E-state index >= 15 is 0 Å². The van der Waals surface area contributed by atoms with Crippen LogP contribution in [0, 0.1) is 5.92 Å². The van der Waals surface area contributed by atoms with E-state index in [0.29, 0.717) is 12.2 Å². The molecule has 27 heavy (non-hydrogen) atoms. The van der Waals surface area contributed by atoms with Crippen molar-refractivity contribution in [2.24, 2.45) is 11.7 Å². The zero-order chi connectivity index (χ0) is 21.0. The zero-order valence-corrected chi connectivity index (χ0v) is 16.7. The van der Waals surface area contributed by atoms with Crippen LogP contribution in [0.2, 0.25) is 0 Å². The van der Waals surface area contributed by atoms with Crippen LogP contribution < -0.4 is 21.7 Å². The molecule has 0 spiro atoms. The lowest BCUT2D eigenvalue weighted by atomic mass is 10.0. The molecule has 0 aromatic carbocycles. The molecule has 0 aromatic rings. The summed E-state index contributed by atoms with van der Waals surface area (Å²) in [5.41, 5.74) is 5.28. The van der Waals surface area contributed by atoms with E-state index in [1.165, 1.54) is 11.8 Å². The number of aliphatic hydroxyl groups is 1. The van der Waals surface area contributed by atoms with Crippen molar-refractivity contribution < 1.29 is 29.4 Å². The lowest BCUT2D eigenvalue weighted by Crippen LogP contribution is -2.57. The first-order chi connectivity index (χ1) is 12.7. The van der Waals surface area contributed by atoms with E-state index in [1.54, 1.807) is 0 Å². The van der Waals surface area contributed by atoms with Crippen molar-refractivity contribution in [1.29, 1.82) is 0 Å². The summed E-state index contributed by atoms with van der Waals surface area (Å²) in [5, 5.41) is 25.3. The average Bonchev–Trinajstić information content (AvgIpc) is 2.61. The summed E-state index contributed by atoms with van der Waals surface area (Å²) in [4.78, 5) is 47.5. The van der Waals surface area contributed by atoms with E-state index in [1.807, 2.05) is 20.1 Å². The van der Waals surface area contributed by atoms with Crippen LogP contribution >= 0.6 is 11.8 Å². The number of carbonyl (C=O) groups excluding carboxylic acids is 3. The Balaban J connectivity index is 5.19. The van der Waals surface area contributed by atoms with Gasteiger partial charge in [0.1, 0.15) is 18.1 Å². The third-order valence-corrected chi connectivity index (χ3v) is 4.23. The Bertz CT molecular complexity index is 517. The molecule has 0 heterocycles. The minimum atomic E-state index is -1.46. The number of amides is 3. The van der Waals surface area contributed by atoms with Gasteiger partial charge >= 0.3 is 5.97 Å². The summed E-state index contributed by atoms with van der Waals surface area (Å²) in [6.45, 7) is 2.72. The predicted molar refractivity (Wildman–Crippen MR) is 102 cm³/mol. The largest absolute Gasteiger partial charge is 0.480 e. The predicted octanol–water partition coefficient (Wildman–Crippen LogP) is -1.72. The molecular formula is C16H30N4O6S. The maximum absolute atomic E-state index is 12.6. The molecule has 0 bridgehead atoms. The summed E-state index contributed by atoms with van der Waals surface area (Å²) in [6, 6.07) is -3.32. The van der Waals surface area contributed by atoms with Crippen LogP contribution in [0.1, 0.15) is 26.7 Å². The Kier molecular flexibility index (Phi) is 12.4. The molecule has 3 amide bonds. The van der Waals surface area contributed by atoms with Crippen LogP contribution in [0.4, 0.5) is 0 Å². The molecule has 10 nitrogen and oxygen atoms in total. The van der Waals surface area contributed by atoms with Gasteiger partial charge in [-0.25, -0.2) is 4.79 Å². The fourth-order valence-corrected chi connectivity index (χ4v) is 2.66. The maximum Gasteiger partial charge on any atom is 0.328 e. The summed E-state index contributed by atoms with van der Waals surface area (Å²) in [7, 11) is 0. The number of carbonyl (C=O) groups is 4. The number of nitrogens with one attached hydrogen (secondary N) is 3. The number of hydrogen-bond acceptors (Lipinski definition) is 7. The van der Waals surface area contributed by atoms with Crippen molar-refractivity contribution in [1.82, 2.24) is 16.0 Å². The van der Waals surface area contributed by atoms with Gasteiger partial charge in [0, 0.05) is 0 Å². The van der Waals surface area contributed by atoms with Gasteiger partial charge in [-0.3, -0.25) is 14.4 Å². The van der Waals surface area contributed by atoms with Crippen molar-refractivity contribution in [2.75, 3.05) is 25.2 Å². The first kappa shape index (κ1) is 25.1. The highest BCUT2D eigenvalue weighted by Gasteiger charge is 2.29.